The summed E-state index contributed by atoms with van der Waals surface area (Å²) < 4.78 is 5.67. The Bertz CT molecular complexity index is 396. The molecule has 1 aliphatic rings. The summed E-state index contributed by atoms with van der Waals surface area (Å²) in [7, 11) is 0. The lowest BCUT2D eigenvalue weighted by molar-refractivity contribution is 0.303. The van der Waals surface area contributed by atoms with E-state index in [0.717, 1.165) is 11.3 Å². The van der Waals surface area contributed by atoms with E-state index in [0.29, 0.717) is 6.10 Å². The van der Waals surface area contributed by atoms with Gasteiger partial charge in [-0.3, -0.25) is 0 Å². The van der Waals surface area contributed by atoms with Crippen LogP contribution in [0.4, 0.5) is 0 Å². The molecule has 2 rings (SSSR count). The van der Waals surface area contributed by atoms with Crippen LogP contribution in [0.2, 0.25) is 0 Å². The van der Waals surface area contributed by atoms with Crippen molar-refractivity contribution in [3.8, 4) is 17.6 Å². The Hall–Kier alpha value is -1.46. The third kappa shape index (κ3) is 3.30. The Morgan fingerprint density at radius 1 is 1.47 bits per heavy atom. The van der Waals surface area contributed by atoms with Crippen LogP contribution in [-0.4, -0.2) is 12.1 Å². The van der Waals surface area contributed by atoms with E-state index < -0.39 is 0 Å². The van der Waals surface area contributed by atoms with Gasteiger partial charge < -0.3 is 10.5 Å². The molecule has 0 saturated heterocycles. The second-order valence-corrected chi connectivity index (χ2v) is 3.90. The highest BCUT2D eigenvalue weighted by atomic mass is 16.5. The standard InChI is InChI=1S/C13H15NO/c1-10(14)5-6-11-3-2-4-13(9-11)15-12-7-8-12/h2-4,9-10,12H,7-8,14H2,1H3. The predicted molar refractivity (Wildman–Crippen MR) is 60.6 cm³/mol. The largest absolute Gasteiger partial charge is 0.490 e. The van der Waals surface area contributed by atoms with Crippen molar-refractivity contribution in [2.45, 2.75) is 31.9 Å². The summed E-state index contributed by atoms with van der Waals surface area (Å²) in [5, 5.41) is 0. The van der Waals surface area contributed by atoms with Gasteiger partial charge in [0.05, 0.1) is 12.1 Å². The second-order valence-electron chi connectivity index (χ2n) is 3.90. The number of rotatable bonds is 2. The molecule has 1 aromatic carbocycles. The molecule has 0 amide bonds. The predicted octanol–water partition coefficient (Wildman–Crippen LogP) is 1.93. The maximum absolute atomic E-state index is 5.67. The van der Waals surface area contributed by atoms with Gasteiger partial charge in [0.1, 0.15) is 5.75 Å². The van der Waals surface area contributed by atoms with Crippen LogP contribution in [0.25, 0.3) is 0 Å². The van der Waals surface area contributed by atoms with Crippen molar-refractivity contribution in [2.75, 3.05) is 0 Å². The fourth-order valence-corrected chi connectivity index (χ4v) is 1.22. The lowest BCUT2D eigenvalue weighted by Crippen LogP contribution is -2.10. The van der Waals surface area contributed by atoms with Gasteiger partial charge >= 0.3 is 0 Å². The first-order chi connectivity index (χ1) is 7.24. The SMILES string of the molecule is CC(N)C#Cc1cccc(OC2CC2)c1. The first kappa shape index (κ1) is 10.1. The third-order valence-corrected chi connectivity index (χ3v) is 2.11. The van der Waals surface area contributed by atoms with Gasteiger partial charge in [-0.2, -0.15) is 0 Å². The first-order valence-electron chi connectivity index (χ1n) is 5.28. The summed E-state index contributed by atoms with van der Waals surface area (Å²) in [5.41, 5.74) is 6.53. The smallest absolute Gasteiger partial charge is 0.120 e. The molecule has 1 fully saturated rings. The molecule has 2 heteroatoms. The van der Waals surface area contributed by atoms with E-state index in [2.05, 4.69) is 11.8 Å². The number of hydrogen-bond donors (Lipinski definition) is 1. The van der Waals surface area contributed by atoms with Crippen molar-refractivity contribution in [2.24, 2.45) is 5.73 Å². The molecule has 1 saturated carbocycles. The maximum atomic E-state index is 5.67. The Balaban J connectivity index is 2.08. The van der Waals surface area contributed by atoms with Crippen LogP contribution in [0.3, 0.4) is 0 Å². The second kappa shape index (κ2) is 4.37. The van der Waals surface area contributed by atoms with Crippen molar-refractivity contribution >= 4 is 0 Å². The van der Waals surface area contributed by atoms with Gasteiger partial charge in [-0.25, -0.2) is 0 Å². The van der Waals surface area contributed by atoms with Crippen LogP contribution in [0.1, 0.15) is 25.3 Å². The highest BCUT2D eigenvalue weighted by Crippen LogP contribution is 2.26. The molecule has 0 aromatic heterocycles. The van der Waals surface area contributed by atoms with Crippen LogP contribution < -0.4 is 10.5 Å². The van der Waals surface area contributed by atoms with Gasteiger partial charge in [0.2, 0.25) is 0 Å². The molecule has 1 atom stereocenters. The zero-order valence-electron chi connectivity index (χ0n) is 8.86. The highest BCUT2D eigenvalue weighted by Gasteiger charge is 2.23. The Kier molecular flexibility index (Phi) is 2.94. The number of ether oxygens (including phenoxy) is 1. The van der Waals surface area contributed by atoms with Gasteiger partial charge in [-0.05, 0) is 38.0 Å². The average Bonchev–Trinajstić information content (AvgIpc) is 2.99. The van der Waals surface area contributed by atoms with Crippen LogP contribution >= 0.6 is 0 Å². The van der Waals surface area contributed by atoms with Crippen LogP contribution in [0, 0.1) is 11.8 Å². The summed E-state index contributed by atoms with van der Waals surface area (Å²) in [6.07, 6.45) is 2.78. The first-order valence-corrected chi connectivity index (χ1v) is 5.28. The molecular weight excluding hydrogens is 186 g/mol. The van der Waals surface area contributed by atoms with E-state index in [-0.39, 0.29) is 6.04 Å². The fraction of sp³-hybridized carbons (Fsp3) is 0.385. The van der Waals surface area contributed by atoms with E-state index >= 15 is 0 Å². The van der Waals surface area contributed by atoms with Crippen LogP contribution in [0.15, 0.2) is 24.3 Å². The number of nitrogens with two attached hydrogens (primary N) is 1. The molecule has 0 aliphatic heterocycles. The summed E-state index contributed by atoms with van der Waals surface area (Å²) in [4.78, 5) is 0. The quantitative estimate of drug-likeness (QED) is 0.742. The topological polar surface area (TPSA) is 35.2 Å². The number of hydrogen-bond acceptors (Lipinski definition) is 2. The van der Waals surface area contributed by atoms with Crippen molar-refractivity contribution < 1.29 is 4.74 Å². The van der Waals surface area contributed by atoms with Crippen LogP contribution in [0.5, 0.6) is 5.75 Å². The van der Waals surface area contributed by atoms with Gasteiger partial charge in [0.25, 0.3) is 0 Å². The Morgan fingerprint density at radius 3 is 2.93 bits per heavy atom. The molecule has 1 aliphatic carbocycles. The fourth-order valence-electron chi connectivity index (χ4n) is 1.22. The molecular formula is C13H15NO. The summed E-state index contributed by atoms with van der Waals surface area (Å²) in [6.45, 7) is 1.87. The lowest BCUT2D eigenvalue weighted by atomic mass is 10.2. The minimum atomic E-state index is -0.0852. The Morgan fingerprint density at radius 2 is 2.27 bits per heavy atom. The molecule has 0 radical (unpaired) electrons. The zero-order valence-corrected chi connectivity index (χ0v) is 8.86. The zero-order chi connectivity index (χ0) is 10.7. The van der Waals surface area contributed by atoms with Crippen molar-refractivity contribution in [1.82, 2.24) is 0 Å². The molecule has 1 unspecified atom stereocenters. The average molecular weight is 201 g/mol. The molecule has 0 spiro atoms. The maximum Gasteiger partial charge on any atom is 0.120 e. The van der Waals surface area contributed by atoms with E-state index in [4.69, 9.17) is 10.5 Å². The summed E-state index contributed by atoms with van der Waals surface area (Å²) in [5.74, 6) is 6.86. The molecule has 15 heavy (non-hydrogen) atoms. The van der Waals surface area contributed by atoms with E-state index in [1.54, 1.807) is 0 Å². The third-order valence-electron chi connectivity index (χ3n) is 2.11. The van der Waals surface area contributed by atoms with Crippen molar-refractivity contribution in [1.29, 1.82) is 0 Å². The van der Waals surface area contributed by atoms with Gasteiger partial charge in [-0.15, -0.1) is 0 Å². The number of benzene rings is 1. The summed E-state index contributed by atoms with van der Waals surface area (Å²) >= 11 is 0. The van der Waals surface area contributed by atoms with E-state index in [1.807, 2.05) is 31.2 Å². The van der Waals surface area contributed by atoms with Gasteiger partial charge in [0.15, 0.2) is 0 Å². The van der Waals surface area contributed by atoms with Crippen molar-refractivity contribution in [3.05, 3.63) is 29.8 Å². The van der Waals surface area contributed by atoms with E-state index in [9.17, 15) is 0 Å². The molecule has 78 valence electrons. The van der Waals surface area contributed by atoms with Crippen LogP contribution in [-0.2, 0) is 0 Å². The van der Waals surface area contributed by atoms with Gasteiger partial charge in [0, 0.05) is 5.56 Å². The molecule has 0 heterocycles. The molecule has 1 aromatic rings. The monoisotopic (exact) mass is 201 g/mol. The molecule has 2 nitrogen and oxygen atoms in total. The van der Waals surface area contributed by atoms with E-state index in [1.165, 1.54) is 12.8 Å². The normalized spacial score (nSPS) is 16.4. The van der Waals surface area contributed by atoms with Gasteiger partial charge in [-0.1, -0.05) is 17.9 Å². The minimum absolute atomic E-state index is 0.0852. The molecule has 0 bridgehead atoms. The lowest BCUT2D eigenvalue weighted by Gasteiger charge is -2.03. The van der Waals surface area contributed by atoms with Crippen molar-refractivity contribution in [3.63, 3.8) is 0 Å². The minimum Gasteiger partial charge on any atom is -0.490 e. The Labute approximate surface area is 90.4 Å². The summed E-state index contributed by atoms with van der Waals surface area (Å²) in [6, 6.07) is 7.78. The molecule has 2 N–H and O–H groups in total. The highest BCUT2D eigenvalue weighted by molar-refractivity contribution is 5.40.